The van der Waals surface area contributed by atoms with Gasteiger partial charge in [0.2, 0.25) is 0 Å². The topological polar surface area (TPSA) is 59.9 Å². The first kappa shape index (κ1) is 17.7. The smallest absolute Gasteiger partial charge is 0.257 e. The molecule has 0 saturated carbocycles. The molecule has 0 fully saturated rings. The van der Waals surface area contributed by atoms with Crippen LogP contribution in [0.15, 0.2) is 83.9 Å². The Bertz CT molecular complexity index is 1120. The molecule has 0 unspecified atom stereocenters. The normalized spacial score (nSPS) is 10.8. The Hall–Kier alpha value is -3.67. The van der Waals surface area contributed by atoms with E-state index in [0.717, 1.165) is 16.8 Å². The fourth-order valence-electron chi connectivity index (χ4n) is 3.02. The van der Waals surface area contributed by atoms with Gasteiger partial charge in [0.1, 0.15) is 19.0 Å². The first-order valence-corrected chi connectivity index (χ1v) is 8.88. The minimum atomic E-state index is -0.528. The van der Waals surface area contributed by atoms with Gasteiger partial charge in [0, 0.05) is 6.20 Å². The van der Waals surface area contributed by atoms with Crippen LogP contribution in [-0.4, -0.2) is 28.0 Å². The molecular weight excluding hydrogens is 357 g/mol. The number of alkyl halides is 1. The van der Waals surface area contributed by atoms with Crippen LogP contribution in [0.4, 0.5) is 4.39 Å². The SMILES string of the molecule is O=c1[nH]cc(-c2ccc(OCCF)cc2)cc1-c1ccnn1-c1ccccc1. The van der Waals surface area contributed by atoms with Crippen LogP contribution in [0.3, 0.4) is 0 Å². The van der Waals surface area contributed by atoms with E-state index in [2.05, 4.69) is 10.1 Å². The monoisotopic (exact) mass is 375 g/mol. The summed E-state index contributed by atoms with van der Waals surface area (Å²) in [6, 6.07) is 20.6. The van der Waals surface area contributed by atoms with Crippen molar-refractivity contribution in [3.8, 4) is 33.8 Å². The van der Waals surface area contributed by atoms with E-state index in [1.54, 1.807) is 29.2 Å². The molecule has 0 amide bonds. The van der Waals surface area contributed by atoms with E-state index in [9.17, 15) is 9.18 Å². The fourth-order valence-corrected chi connectivity index (χ4v) is 3.02. The number of halogens is 1. The predicted octanol–water partition coefficient (Wildman–Crippen LogP) is 4.24. The Morgan fingerprint density at radius 2 is 1.79 bits per heavy atom. The van der Waals surface area contributed by atoms with Gasteiger partial charge in [-0.2, -0.15) is 5.10 Å². The highest BCUT2D eigenvalue weighted by atomic mass is 19.1. The highest BCUT2D eigenvalue weighted by Crippen LogP contribution is 2.26. The van der Waals surface area contributed by atoms with Crippen LogP contribution in [0, 0.1) is 0 Å². The zero-order chi connectivity index (χ0) is 19.3. The molecule has 0 spiro atoms. The Kier molecular flexibility index (Phi) is 5.01. The number of aromatic nitrogens is 3. The molecule has 0 radical (unpaired) electrons. The molecular formula is C22H18FN3O2. The molecule has 2 aromatic carbocycles. The zero-order valence-corrected chi connectivity index (χ0v) is 15.0. The van der Waals surface area contributed by atoms with Crippen molar-refractivity contribution in [2.24, 2.45) is 0 Å². The molecule has 4 aromatic rings. The van der Waals surface area contributed by atoms with Crippen LogP contribution in [0.1, 0.15) is 0 Å². The van der Waals surface area contributed by atoms with E-state index in [0.29, 0.717) is 17.0 Å². The highest BCUT2D eigenvalue weighted by molar-refractivity contribution is 5.71. The first-order chi connectivity index (χ1) is 13.8. The van der Waals surface area contributed by atoms with E-state index < -0.39 is 6.67 Å². The van der Waals surface area contributed by atoms with Crippen molar-refractivity contribution in [3.63, 3.8) is 0 Å². The molecule has 28 heavy (non-hydrogen) atoms. The summed E-state index contributed by atoms with van der Waals surface area (Å²) in [5.41, 5.74) is 3.68. The third kappa shape index (κ3) is 3.57. The predicted molar refractivity (Wildman–Crippen MR) is 107 cm³/mol. The van der Waals surface area contributed by atoms with Crippen LogP contribution >= 0.6 is 0 Å². The van der Waals surface area contributed by atoms with Gasteiger partial charge in [0.25, 0.3) is 5.56 Å². The summed E-state index contributed by atoms with van der Waals surface area (Å²) in [6.07, 6.45) is 3.35. The Labute approximate surface area is 161 Å². The van der Waals surface area contributed by atoms with Gasteiger partial charge in [0.05, 0.1) is 23.1 Å². The van der Waals surface area contributed by atoms with Crippen molar-refractivity contribution in [2.45, 2.75) is 0 Å². The van der Waals surface area contributed by atoms with Gasteiger partial charge in [-0.05, 0) is 47.5 Å². The van der Waals surface area contributed by atoms with Crippen LogP contribution < -0.4 is 10.3 Å². The van der Waals surface area contributed by atoms with E-state index in [1.807, 2.05) is 54.6 Å². The lowest BCUT2D eigenvalue weighted by atomic mass is 10.0. The van der Waals surface area contributed by atoms with Crippen LogP contribution in [0.2, 0.25) is 0 Å². The van der Waals surface area contributed by atoms with Gasteiger partial charge in [-0.25, -0.2) is 9.07 Å². The Morgan fingerprint density at radius 3 is 2.54 bits per heavy atom. The molecule has 2 heterocycles. The van der Waals surface area contributed by atoms with E-state index in [1.165, 1.54) is 0 Å². The molecule has 5 nitrogen and oxygen atoms in total. The summed E-state index contributed by atoms with van der Waals surface area (Å²) in [4.78, 5) is 15.3. The fraction of sp³-hybridized carbons (Fsp3) is 0.0909. The van der Waals surface area contributed by atoms with Gasteiger partial charge in [-0.15, -0.1) is 0 Å². The summed E-state index contributed by atoms with van der Waals surface area (Å²) in [5, 5.41) is 4.36. The number of rotatable bonds is 6. The largest absolute Gasteiger partial charge is 0.491 e. The number of nitrogens with one attached hydrogen (secondary N) is 1. The molecule has 1 N–H and O–H groups in total. The lowest BCUT2D eigenvalue weighted by Crippen LogP contribution is -2.11. The van der Waals surface area contributed by atoms with E-state index in [-0.39, 0.29) is 12.2 Å². The maximum atomic E-state index is 12.5. The summed E-state index contributed by atoms with van der Waals surface area (Å²) >= 11 is 0. The average Bonchev–Trinajstić information content (AvgIpc) is 3.23. The van der Waals surface area contributed by atoms with Crippen molar-refractivity contribution in [1.82, 2.24) is 14.8 Å². The molecule has 0 aliphatic rings. The number of pyridine rings is 1. The lowest BCUT2D eigenvalue weighted by Gasteiger charge is -2.09. The number of H-pyrrole nitrogens is 1. The van der Waals surface area contributed by atoms with Gasteiger partial charge in [0.15, 0.2) is 0 Å². The molecule has 0 atom stereocenters. The van der Waals surface area contributed by atoms with Gasteiger partial charge in [-0.1, -0.05) is 30.3 Å². The Morgan fingerprint density at radius 1 is 1.00 bits per heavy atom. The first-order valence-electron chi connectivity index (χ1n) is 8.88. The van der Waals surface area contributed by atoms with E-state index in [4.69, 9.17) is 4.74 Å². The number of ether oxygens (including phenoxy) is 1. The minimum absolute atomic E-state index is 0.0334. The van der Waals surface area contributed by atoms with Gasteiger partial charge >= 0.3 is 0 Å². The van der Waals surface area contributed by atoms with Crippen molar-refractivity contribution >= 4 is 0 Å². The standard InChI is InChI=1S/C22H18FN3O2/c23-11-13-28-19-8-6-16(7-9-19)17-14-20(22(27)24-15-17)21-10-12-25-26(21)18-4-2-1-3-5-18/h1-10,12,14-15H,11,13H2,(H,24,27). The molecule has 0 bridgehead atoms. The van der Waals surface area contributed by atoms with Crippen molar-refractivity contribution in [3.05, 3.63) is 89.5 Å². The van der Waals surface area contributed by atoms with Crippen LogP contribution in [0.25, 0.3) is 28.1 Å². The second-order valence-electron chi connectivity index (χ2n) is 6.16. The quantitative estimate of drug-likeness (QED) is 0.548. The van der Waals surface area contributed by atoms with Crippen molar-refractivity contribution in [2.75, 3.05) is 13.3 Å². The van der Waals surface area contributed by atoms with Crippen LogP contribution in [-0.2, 0) is 0 Å². The second kappa shape index (κ2) is 7.92. The van der Waals surface area contributed by atoms with Gasteiger partial charge in [-0.3, -0.25) is 4.79 Å². The number of benzene rings is 2. The lowest BCUT2D eigenvalue weighted by molar-refractivity contribution is 0.273. The molecule has 0 aliphatic heterocycles. The average molecular weight is 375 g/mol. The minimum Gasteiger partial charge on any atom is -0.491 e. The number of aromatic amines is 1. The summed E-state index contributed by atoms with van der Waals surface area (Å²) in [7, 11) is 0. The maximum Gasteiger partial charge on any atom is 0.257 e. The summed E-state index contributed by atoms with van der Waals surface area (Å²) in [6.45, 7) is -0.494. The summed E-state index contributed by atoms with van der Waals surface area (Å²) in [5.74, 6) is 0.605. The summed E-state index contributed by atoms with van der Waals surface area (Å²) < 4.78 is 19.2. The Balaban J connectivity index is 1.71. The van der Waals surface area contributed by atoms with Crippen molar-refractivity contribution < 1.29 is 9.13 Å². The number of para-hydroxylation sites is 1. The number of nitrogens with zero attached hydrogens (tertiary/aromatic N) is 2. The molecule has 4 rings (SSSR count). The zero-order valence-electron chi connectivity index (χ0n) is 15.0. The molecule has 0 aliphatic carbocycles. The second-order valence-corrected chi connectivity index (χ2v) is 6.16. The molecule has 2 aromatic heterocycles. The molecule has 140 valence electrons. The highest BCUT2D eigenvalue weighted by Gasteiger charge is 2.12. The molecule has 6 heteroatoms. The van der Waals surface area contributed by atoms with Crippen LogP contribution in [0.5, 0.6) is 5.75 Å². The van der Waals surface area contributed by atoms with E-state index >= 15 is 0 Å². The maximum absolute atomic E-state index is 12.5. The van der Waals surface area contributed by atoms with Crippen molar-refractivity contribution in [1.29, 1.82) is 0 Å². The molecule has 0 saturated heterocycles. The third-order valence-electron chi connectivity index (χ3n) is 4.36. The number of hydrogen-bond donors (Lipinski definition) is 1. The third-order valence-corrected chi connectivity index (χ3v) is 4.36. The van der Waals surface area contributed by atoms with Gasteiger partial charge < -0.3 is 9.72 Å². The number of hydrogen-bond acceptors (Lipinski definition) is 3.